The number of nitrogens with zero attached hydrogens (tertiary/aromatic N) is 2. The van der Waals surface area contributed by atoms with Gasteiger partial charge in [-0.25, -0.2) is 0 Å². The Morgan fingerprint density at radius 2 is 2.00 bits per heavy atom. The molecule has 0 aliphatic heterocycles. The highest BCUT2D eigenvalue weighted by Gasteiger charge is 2.14. The van der Waals surface area contributed by atoms with E-state index in [0.717, 1.165) is 37.7 Å². The molecule has 0 N–H and O–H groups in total. The summed E-state index contributed by atoms with van der Waals surface area (Å²) in [4.78, 5) is 16.7. The summed E-state index contributed by atoms with van der Waals surface area (Å²) in [6.07, 6.45) is 2.65. The molecule has 4 heteroatoms. The second-order valence-corrected chi connectivity index (χ2v) is 6.68. The number of pyridine rings is 1. The molecular formula is C20H12N2OS. The van der Waals surface area contributed by atoms with Crippen LogP contribution in [0.5, 0.6) is 0 Å². The third-order valence-corrected chi connectivity index (χ3v) is 5.50. The molecule has 0 bridgehead atoms. The van der Waals surface area contributed by atoms with Crippen molar-refractivity contribution in [3.8, 4) is 16.5 Å². The van der Waals surface area contributed by atoms with Crippen molar-refractivity contribution in [3.05, 3.63) is 65.4 Å². The summed E-state index contributed by atoms with van der Waals surface area (Å²) in [7, 11) is 0. The zero-order chi connectivity index (χ0) is 16.7. The van der Waals surface area contributed by atoms with Crippen LogP contribution in [0.3, 0.4) is 0 Å². The van der Waals surface area contributed by atoms with Crippen molar-refractivity contribution in [2.75, 3.05) is 0 Å². The molecule has 0 aliphatic carbocycles. The molecular weight excluding hydrogens is 316 g/mol. The number of aromatic nitrogens is 1. The number of rotatable bonds is 2. The molecule has 2 aromatic heterocycles. The predicted octanol–water partition coefficient (Wildman–Crippen LogP) is 5.11. The minimum Gasteiger partial charge on any atom is -0.298 e. The maximum atomic E-state index is 11.1. The Hall–Kier alpha value is -3.03. The minimum atomic E-state index is 0.641. The molecule has 24 heavy (non-hydrogen) atoms. The average molecular weight is 328 g/mol. The number of aldehydes is 1. The number of aryl methyl sites for hydroxylation is 1. The van der Waals surface area contributed by atoms with Crippen LogP contribution < -0.4 is 0 Å². The first kappa shape index (κ1) is 14.6. The van der Waals surface area contributed by atoms with Crippen LogP contribution in [0.1, 0.15) is 21.5 Å². The lowest BCUT2D eigenvalue weighted by Crippen LogP contribution is -1.86. The lowest BCUT2D eigenvalue weighted by Gasteiger charge is -2.06. The van der Waals surface area contributed by atoms with E-state index < -0.39 is 0 Å². The summed E-state index contributed by atoms with van der Waals surface area (Å²) in [5.41, 5.74) is 4.43. The quantitative estimate of drug-likeness (QED) is 0.480. The van der Waals surface area contributed by atoms with E-state index in [9.17, 15) is 4.79 Å². The van der Waals surface area contributed by atoms with Gasteiger partial charge in [-0.15, -0.1) is 11.3 Å². The molecule has 114 valence electrons. The monoisotopic (exact) mass is 328 g/mol. The summed E-state index contributed by atoms with van der Waals surface area (Å²) >= 11 is 1.67. The molecule has 0 spiro atoms. The maximum Gasteiger partial charge on any atom is 0.150 e. The summed E-state index contributed by atoms with van der Waals surface area (Å²) in [5, 5.41) is 11.2. The van der Waals surface area contributed by atoms with Gasteiger partial charge in [-0.2, -0.15) is 5.26 Å². The number of thiophene rings is 1. The third-order valence-electron chi connectivity index (χ3n) is 4.21. The Bertz CT molecular complexity index is 1150. The van der Waals surface area contributed by atoms with Gasteiger partial charge in [0.1, 0.15) is 6.29 Å². The largest absolute Gasteiger partial charge is 0.298 e. The van der Waals surface area contributed by atoms with E-state index in [1.807, 2.05) is 36.4 Å². The second-order valence-electron chi connectivity index (χ2n) is 5.63. The van der Waals surface area contributed by atoms with Gasteiger partial charge in [0.15, 0.2) is 0 Å². The molecule has 2 heterocycles. The van der Waals surface area contributed by atoms with Crippen molar-refractivity contribution in [2.45, 2.75) is 6.92 Å². The highest BCUT2D eigenvalue weighted by atomic mass is 32.1. The molecule has 0 unspecified atom stereocenters. The van der Waals surface area contributed by atoms with Crippen LogP contribution in [0, 0.1) is 18.3 Å². The van der Waals surface area contributed by atoms with E-state index in [4.69, 9.17) is 5.26 Å². The number of nitriles is 1. The smallest absolute Gasteiger partial charge is 0.150 e. The number of carbonyl (C=O) groups excluding carboxylic acids is 1. The number of fused-ring (bicyclic) bond motifs is 2. The Balaban J connectivity index is 2.04. The van der Waals surface area contributed by atoms with Crippen molar-refractivity contribution < 1.29 is 4.79 Å². The highest BCUT2D eigenvalue weighted by Crippen LogP contribution is 2.40. The SMILES string of the molecule is Cc1c(-c2ccnc3ccc(C=O)cc23)sc2cc(C#N)ccc12. The van der Waals surface area contributed by atoms with Gasteiger partial charge in [0, 0.05) is 32.3 Å². The molecule has 0 saturated carbocycles. The highest BCUT2D eigenvalue weighted by molar-refractivity contribution is 7.22. The molecule has 0 saturated heterocycles. The first-order valence-electron chi connectivity index (χ1n) is 7.49. The second kappa shape index (κ2) is 5.55. The van der Waals surface area contributed by atoms with E-state index in [0.29, 0.717) is 11.1 Å². The predicted molar refractivity (Wildman–Crippen MR) is 97.4 cm³/mol. The fourth-order valence-electron chi connectivity index (χ4n) is 2.99. The lowest BCUT2D eigenvalue weighted by molar-refractivity contribution is 0.112. The molecule has 0 aliphatic rings. The molecule has 0 amide bonds. The van der Waals surface area contributed by atoms with Gasteiger partial charge < -0.3 is 0 Å². The third kappa shape index (κ3) is 2.18. The Morgan fingerprint density at radius 3 is 2.79 bits per heavy atom. The Kier molecular flexibility index (Phi) is 3.37. The zero-order valence-electron chi connectivity index (χ0n) is 12.9. The zero-order valence-corrected chi connectivity index (χ0v) is 13.7. The van der Waals surface area contributed by atoms with Gasteiger partial charge in [0.2, 0.25) is 0 Å². The van der Waals surface area contributed by atoms with E-state index in [1.54, 1.807) is 23.6 Å². The van der Waals surface area contributed by atoms with Crippen molar-refractivity contribution in [2.24, 2.45) is 0 Å². The molecule has 2 aromatic carbocycles. The van der Waals surface area contributed by atoms with Gasteiger partial charge >= 0.3 is 0 Å². The summed E-state index contributed by atoms with van der Waals surface area (Å²) in [6.45, 7) is 2.09. The lowest BCUT2D eigenvalue weighted by atomic mass is 10.0. The Labute approximate surface area is 142 Å². The van der Waals surface area contributed by atoms with Crippen LogP contribution in [0.15, 0.2) is 48.7 Å². The molecule has 0 fully saturated rings. The fraction of sp³-hybridized carbons (Fsp3) is 0.0500. The molecule has 0 radical (unpaired) electrons. The van der Waals surface area contributed by atoms with Crippen LogP contribution in [0.25, 0.3) is 31.4 Å². The molecule has 4 rings (SSSR count). The topological polar surface area (TPSA) is 53.8 Å². The maximum absolute atomic E-state index is 11.1. The average Bonchev–Trinajstić information content (AvgIpc) is 2.96. The summed E-state index contributed by atoms with van der Waals surface area (Å²) in [5.74, 6) is 0. The normalized spacial score (nSPS) is 10.8. The van der Waals surface area contributed by atoms with Crippen LogP contribution in [0.2, 0.25) is 0 Å². The van der Waals surface area contributed by atoms with Crippen molar-refractivity contribution in [1.82, 2.24) is 4.98 Å². The van der Waals surface area contributed by atoms with Crippen LogP contribution in [0.4, 0.5) is 0 Å². The summed E-state index contributed by atoms with van der Waals surface area (Å²) in [6, 6.07) is 15.5. The van der Waals surface area contributed by atoms with Gasteiger partial charge in [-0.3, -0.25) is 9.78 Å². The molecule has 4 aromatic rings. The van der Waals surface area contributed by atoms with E-state index in [1.165, 1.54) is 5.56 Å². The number of hydrogen-bond donors (Lipinski definition) is 0. The molecule has 3 nitrogen and oxygen atoms in total. The van der Waals surface area contributed by atoms with Gasteiger partial charge in [-0.05, 0) is 54.3 Å². The van der Waals surface area contributed by atoms with Crippen LogP contribution >= 0.6 is 11.3 Å². The van der Waals surface area contributed by atoms with E-state index in [-0.39, 0.29) is 0 Å². The van der Waals surface area contributed by atoms with Gasteiger partial charge in [0.05, 0.1) is 17.1 Å². The van der Waals surface area contributed by atoms with Crippen molar-refractivity contribution in [1.29, 1.82) is 5.26 Å². The minimum absolute atomic E-state index is 0.641. The van der Waals surface area contributed by atoms with Gasteiger partial charge in [0.25, 0.3) is 0 Å². The summed E-state index contributed by atoms with van der Waals surface area (Å²) < 4.78 is 1.10. The van der Waals surface area contributed by atoms with Crippen LogP contribution in [-0.2, 0) is 0 Å². The van der Waals surface area contributed by atoms with Gasteiger partial charge in [-0.1, -0.05) is 6.07 Å². The Morgan fingerprint density at radius 1 is 1.12 bits per heavy atom. The first-order chi connectivity index (χ1) is 11.7. The first-order valence-corrected chi connectivity index (χ1v) is 8.30. The number of benzene rings is 2. The van der Waals surface area contributed by atoms with E-state index >= 15 is 0 Å². The van der Waals surface area contributed by atoms with Crippen molar-refractivity contribution >= 4 is 38.6 Å². The standard InChI is InChI=1S/C20H12N2OS/c1-12-15-4-2-13(10-21)9-19(15)24-20(12)16-6-7-22-18-5-3-14(11-23)8-17(16)18/h2-9,11H,1H3. The fourth-order valence-corrected chi connectivity index (χ4v) is 4.27. The van der Waals surface area contributed by atoms with Crippen LogP contribution in [-0.4, -0.2) is 11.3 Å². The number of hydrogen-bond acceptors (Lipinski definition) is 4. The van der Waals surface area contributed by atoms with Crippen molar-refractivity contribution in [3.63, 3.8) is 0 Å². The number of carbonyl (C=O) groups is 1. The molecule has 0 atom stereocenters. The van der Waals surface area contributed by atoms with E-state index in [2.05, 4.69) is 18.0 Å².